The fraction of sp³-hybridized carbons (Fsp3) is 0.350. The Morgan fingerprint density at radius 1 is 1.11 bits per heavy atom. The number of carbonyl (C=O) groups is 1. The highest BCUT2D eigenvalue weighted by Gasteiger charge is 2.31. The van der Waals surface area contributed by atoms with Gasteiger partial charge >= 0.3 is 0 Å². The summed E-state index contributed by atoms with van der Waals surface area (Å²) in [7, 11) is -3.52. The Morgan fingerprint density at radius 2 is 1.71 bits per heavy atom. The summed E-state index contributed by atoms with van der Waals surface area (Å²) in [6.07, 6.45) is 0. The standard InChI is InChI=1S/C20H24ClN3O3S/c1-16(17-5-3-2-4-6-17)22-20(25)15-23-11-13-24(14-12-23)28(26,27)19-9-7-18(21)8-10-19/h2-10,16H,11-15H2,1H3,(H,22,25)/p+1/t16-/m1/s1. The number of amides is 1. The molecule has 8 heteroatoms. The molecule has 0 radical (unpaired) electrons. The quantitative estimate of drug-likeness (QED) is 0.732. The van der Waals surface area contributed by atoms with Crippen LogP contribution in [0.4, 0.5) is 0 Å². The van der Waals surface area contributed by atoms with Gasteiger partial charge < -0.3 is 10.2 Å². The minimum atomic E-state index is -3.52. The number of quaternary nitrogens is 1. The highest BCUT2D eigenvalue weighted by molar-refractivity contribution is 7.89. The number of hydrogen-bond acceptors (Lipinski definition) is 3. The van der Waals surface area contributed by atoms with E-state index in [2.05, 4.69) is 5.32 Å². The molecule has 2 N–H and O–H groups in total. The molecule has 0 spiro atoms. The van der Waals surface area contributed by atoms with Crippen molar-refractivity contribution in [3.05, 3.63) is 65.2 Å². The van der Waals surface area contributed by atoms with E-state index < -0.39 is 10.0 Å². The third-order valence-corrected chi connectivity index (χ3v) is 7.13. The van der Waals surface area contributed by atoms with Crippen LogP contribution in [-0.2, 0) is 14.8 Å². The van der Waals surface area contributed by atoms with Crippen LogP contribution in [0.25, 0.3) is 0 Å². The summed E-state index contributed by atoms with van der Waals surface area (Å²) in [6.45, 7) is 4.27. The summed E-state index contributed by atoms with van der Waals surface area (Å²) >= 11 is 5.84. The van der Waals surface area contributed by atoms with E-state index in [1.165, 1.54) is 16.4 Å². The monoisotopic (exact) mass is 422 g/mol. The average molecular weight is 423 g/mol. The number of rotatable bonds is 6. The Labute approximate surface area is 171 Å². The lowest BCUT2D eigenvalue weighted by atomic mass is 10.1. The first-order valence-corrected chi connectivity index (χ1v) is 11.1. The molecule has 1 aliphatic heterocycles. The molecule has 2 aromatic carbocycles. The van der Waals surface area contributed by atoms with Gasteiger partial charge in [-0.3, -0.25) is 4.79 Å². The predicted octanol–water partition coefficient (Wildman–Crippen LogP) is 1.11. The second kappa shape index (κ2) is 9.05. The van der Waals surface area contributed by atoms with Crippen molar-refractivity contribution in [3.8, 4) is 0 Å². The maximum absolute atomic E-state index is 12.7. The van der Waals surface area contributed by atoms with Crippen molar-refractivity contribution in [3.63, 3.8) is 0 Å². The van der Waals surface area contributed by atoms with E-state index in [4.69, 9.17) is 11.6 Å². The first kappa shape index (κ1) is 20.8. The van der Waals surface area contributed by atoms with Gasteiger partial charge in [-0.05, 0) is 36.8 Å². The van der Waals surface area contributed by atoms with Gasteiger partial charge in [-0.1, -0.05) is 41.9 Å². The Morgan fingerprint density at radius 3 is 2.32 bits per heavy atom. The van der Waals surface area contributed by atoms with E-state index in [-0.39, 0.29) is 16.8 Å². The van der Waals surface area contributed by atoms with Crippen LogP contribution >= 0.6 is 11.6 Å². The van der Waals surface area contributed by atoms with Crippen molar-refractivity contribution in [1.82, 2.24) is 9.62 Å². The van der Waals surface area contributed by atoms with Gasteiger partial charge in [0.1, 0.15) is 0 Å². The van der Waals surface area contributed by atoms with Crippen LogP contribution in [0, 0.1) is 0 Å². The largest absolute Gasteiger partial charge is 0.345 e. The summed E-state index contributed by atoms with van der Waals surface area (Å²) in [6, 6.07) is 16.0. The van der Waals surface area contributed by atoms with Crippen molar-refractivity contribution in [2.45, 2.75) is 17.9 Å². The van der Waals surface area contributed by atoms with Crippen molar-refractivity contribution >= 4 is 27.5 Å². The normalized spacial score (nSPS) is 17.2. The molecule has 0 unspecified atom stereocenters. The summed E-state index contributed by atoms with van der Waals surface area (Å²) in [5, 5.41) is 3.52. The first-order chi connectivity index (χ1) is 13.4. The molecule has 1 amide bonds. The van der Waals surface area contributed by atoms with Crippen LogP contribution in [0.1, 0.15) is 18.5 Å². The topological polar surface area (TPSA) is 70.9 Å². The summed E-state index contributed by atoms with van der Waals surface area (Å²) in [4.78, 5) is 13.7. The molecular weight excluding hydrogens is 398 g/mol. The highest BCUT2D eigenvalue weighted by Crippen LogP contribution is 2.18. The molecule has 1 fully saturated rings. The third-order valence-electron chi connectivity index (χ3n) is 4.97. The lowest BCUT2D eigenvalue weighted by molar-refractivity contribution is -0.895. The second-order valence-electron chi connectivity index (χ2n) is 6.98. The lowest BCUT2D eigenvalue weighted by Gasteiger charge is -2.31. The molecule has 0 aliphatic carbocycles. The molecule has 1 heterocycles. The third kappa shape index (κ3) is 5.11. The van der Waals surface area contributed by atoms with Gasteiger partial charge in [-0.2, -0.15) is 4.31 Å². The second-order valence-corrected chi connectivity index (χ2v) is 9.36. The Hall–Kier alpha value is -1.93. The molecule has 0 bridgehead atoms. The smallest absolute Gasteiger partial charge is 0.275 e. The molecule has 150 valence electrons. The molecule has 6 nitrogen and oxygen atoms in total. The van der Waals surface area contributed by atoms with Crippen molar-refractivity contribution in [1.29, 1.82) is 0 Å². The van der Waals surface area contributed by atoms with Crippen LogP contribution in [0.15, 0.2) is 59.5 Å². The number of piperazine rings is 1. The minimum Gasteiger partial charge on any atom is -0.345 e. The van der Waals surface area contributed by atoms with Crippen molar-refractivity contribution in [2.75, 3.05) is 32.7 Å². The number of halogens is 1. The first-order valence-electron chi connectivity index (χ1n) is 9.30. The molecule has 1 atom stereocenters. The van der Waals surface area contributed by atoms with Crippen LogP contribution in [-0.4, -0.2) is 51.4 Å². The number of benzene rings is 2. The zero-order valence-electron chi connectivity index (χ0n) is 15.8. The molecule has 0 aromatic heterocycles. The fourth-order valence-corrected chi connectivity index (χ4v) is 4.89. The van der Waals surface area contributed by atoms with Gasteiger partial charge in [0.15, 0.2) is 6.54 Å². The van der Waals surface area contributed by atoms with Gasteiger partial charge in [0.2, 0.25) is 10.0 Å². The van der Waals surface area contributed by atoms with Crippen LogP contribution in [0.2, 0.25) is 5.02 Å². The minimum absolute atomic E-state index is 0.0274. The molecule has 28 heavy (non-hydrogen) atoms. The molecule has 1 aliphatic rings. The van der Waals surface area contributed by atoms with Gasteiger partial charge in [0.25, 0.3) is 5.91 Å². The van der Waals surface area contributed by atoms with Crippen LogP contribution in [0.5, 0.6) is 0 Å². The Kier molecular flexibility index (Phi) is 6.72. The Bertz CT molecular complexity index is 896. The number of nitrogens with one attached hydrogen (secondary N) is 2. The van der Waals surface area contributed by atoms with Crippen LogP contribution in [0.3, 0.4) is 0 Å². The number of carbonyl (C=O) groups excluding carboxylic acids is 1. The average Bonchev–Trinajstić information content (AvgIpc) is 2.69. The summed E-state index contributed by atoms with van der Waals surface area (Å²) in [5.74, 6) is -0.0274. The summed E-state index contributed by atoms with van der Waals surface area (Å²) in [5.41, 5.74) is 1.06. The van der Waals surface area contributed by atoms with E-state index in [0.29, 0.717) is 37.7 Å². The molecular formula is C20H25ClN3O3S+. The SMILES string of the molecule is C[C@@H](NC(=O)C[NH+]1CCN(S(=O)(=O)c2ccc(Cl)cc2)CC1)c1ccccc1. The zero-order valence-corrected chi connectivity index (χ0v) is 17.3. The van der Waals surface area contributed by atoms with Crippen LogP contribution < -0.4 is 10.2 Å². The molecule has 1 saturated heterocycles. The van der Waals surface area contributed by atoms with E-state index in [1.54, 1.807) is 12.1 Å². The number of hydrogen-bond donors (Lipinski definition) is 2. The molecule has 3 rings (SSSR count). The zero-order chi connectivity index (χ0) is 20.1. The van der Waals surface area contributed by atoms with Gasteiger partial charge in [0.05, 0.1) is 37.1 Å². The fourth-order valence-electron chi connectivity index (χ4n) is 3.32. The van der Waals surface area contributed by atoms with E-state index in [0.717, 1.165) is 10.5 Å². The van der Waals surface area contributed by atoms with Crippen molar-refractivity contribution < 1.29 is 18.1 Å². The van der Waals surface area contributed by atoms with Gasteiger partial charge in [-0.25, -0.2) is 8.42 Å². The Balaban J connectivity index is 1.51. The highest BCUT2D eigenvalue weighted by atomic mass is 35.5. The van der Waals surface area contributed by atoms with E-state index in [9.17, 15) is 13.2 Å². The van der Waals surface area contributed by atoms with Gasteiger partial charge in [0, 0.05) is 5.02 Å². The maximum Gasteiger partial charge on any atom is 0.275 e. The lowest BCUT2D eigenvalue weighted by Crippen LogP contribution is -3.15. The molecule has 2 aromatic rings. The van der Waals surface area contributed by atoms with E-state index >= 15 is 0 Å². The maximum atomic E-state index is 12.7. The van der Waals surface area contributed by atoms with Gasteiger partial charge in [-0.15, -0.1) is 0 Å². The molecule has 0 saturated carbocycles. The van der Waals surface area contributed by atoms with Crippen molar-refractivity contribution in [2.24, 2.45) is 0 Å². The summed E-state index contributed by atoms with van der Waals surface area (Å²) < 4.78 is 26.9. The van der Waals surface area contributed by atoms with E-state index in [1.807, 2.05) is 37.3 Å². The predicted molar refractivity (Wildman–Crippen MR) is 109 cm³/mol. The number of sulfonamides is 1. The number of nitrogens with zero attached hydrogens (tertiary/aromatic N) is 1.